The number of hydrogen-bond donors (Lipinski definition) is 0. The maximum atomic E-state index is 12.0. The largest absolute Gasteiger partial charge is 0.493 e. The number of nitrogens with zero attached hydrogens (tertiary/aromatic N) is 3. The maximum Gasteiger partial charge on any atom is 0.358 e. The fourth-order valence-electron chi connectivity index (χ4n) is 2.39. The minimum Gasteiger partial charge on any atom is -0.493 e. The lowest BCUT2D eigenvalue weighted by Crippen LogP contribution is -2.10. The number of carbonyl (C=O) groups excluding carboxylic acids is 1. The van der Waals surface area contributed by atoms with Crippen molar-refractivity contribution in [2.45, 2.75) is 13.3 Å². The van der Waals surface area contributed by atoms with Gasteiger partial charge < -0.3 is 9.47 Å². The number of hydrogen-bond acceptors (Lipinski definition) is 5. The van der Waals surface area contributed by atoms with Gasteiger partial charge in [-0.1, -0.05) is 29.3 Å². The van der Waals surface area contributed by atoms with Gasteiger partial charge in [0.25, 0.3) is 0 Å². The molecule has 0 N–H and O–H groups in total. The lowest BCUT2D eigenvalue weighted by Gasteiger charge is -2.07. The summed E-state index contributed by atoms with van der Waals surface area (Å²) in [6, 6.07) is 7.78. The molecule has 2 aromatic heterocycles. The van der Waals surface area contributed by atoms with Crippen molar-refractivity contribution in [3.05, 3.63) is 58.8 Å². The van der Waals surface area contributed by atoms with E-state index >= 15 is 0 Å². The number of rotatable bonds is 5. The molecule has 0 unspecified atom stereocenters. The van der Waals surface area contributed by atoms with E-state index in [9.17, 15) is 4.79 Å². The third-order valence-corrected chi connectivity index (χ3v) is 3.87. The van der Waals surface area contributed by atoms with E-state index in [4.69, 9.17) is 21.1 Å². The van der Waals surface area contributed by atoms with Gasteiger partial charge in [0.05, 0.1) is 19.4 Å². The molecule has 7 heteroatoms. The van der Waals surface area contributed by atoms with Crippen LogP contribution in [0.1, 0.15) is 21.7 Å². The van der Waals surface area contributed by atoms with Gasteiger partial charge >= 0.3 is 5.97 Å². The molecule has 0 aliphatic rings. The number of benzene rings is 1. The van der Waals surface area contributed by atoms with Crippen molar-refractivity contribution in [2.75, 3.05) is 13.7 Å². The molecule has 24 heavy (non-hydrogen) atoms. The molecule has 0 atom stereocenters. The van der Waals surface area contributed by atoms with Crippen molar-refractivity contribution in [3.8, 4) is 5.75 Å². The predicted octanol–water partition coefficient (Wildman–Crippen LogP) is 3.10. The molecule has 3 aromatic rings. The zero-order valence-corrected chi connectivity index (χ0v) is 14.1. The monoisotopic (exact) mass is 345 g/mol. The molecule has 1 aromatic carbocycles. The van der Waals surface area contributed by atoms with Crippen LogP contribution in [0.4, 0.5) is 0 Å². The molecule has 0 aliphatic carbocycles. The van der Waals surface area contributed by atoms with Crippen molar-refractivity contribution in [1.29, 1.82) is 0 Å². The lowest BCUT2D eigenvalue weighted by atomic mass is 10.2. The summed E-state index contributed by atoms with van der Waals surface area (Å²) in [5.74, 6) is 0.258. The van der Waals surface area contributed by atoms with Crippen LogP contribution in [-0.4, -0.2) is 34.1 Å². The van der Waals surface area contributed by atoms with Crippen molar-refractivity contribution < 1.29 is 14.3 Å². The van der Waals surface area contributed by atoms with E-state index in [1.165, 1.54) is 12.7 Å². The quantitative estimate of drug-likeness (QED) is 0.665. The number of carbonyl (C=O) groups is 1. The van der Waals surface area contributed by atoms with E-state index < -0.39 is 5.97 Å². The Bertz CT molecular complexity index is 875. The highest BCUT2D eigenvalue weighted by Crippen LogP contribution is 2.20. The van der Waals surface area contributed by atoms with Crippen LogP contribution >= 0.6 is 11.6 Å². The summed E-state index contributed by atoms with van der Waals surface area (Å²) in [6.07, 6.45) is 3.74. The van der Waals surface area contributed by atoms with Crippen LogP contribution in [0.25, 0.3) is 5.65 Å². The van der Waals surface area contributed by atoms with Crippen LogP contribution in [0, 0.1) is 6.92 Å². The minimum absolute atomic E-state index is 0.222. The molecule has 0 amide bonds. The summed E-state index contributed by atoms with van der Waals surface area (Å²) in [4.78, 5) is 20.2. The first-order chi connectivity index (χ1) is 11.6. The molecule has 0 saturated heterocycles. The normalized spacial score (nSPS) is 10.8. The van der Waals surface area contributed by atoms with Crippen LogP contribution in [-0.2, 0) is 11.2 Å². The Morgan fingerprint density at radius 1 is 1.29 bits per heavy atom. The summed E-state index contributed by atoms with van der Waals surface area (Å²) in [5, 5.41) is 0.230. The Morgan fingerprint density at radius 2 is 2.04 bits per heavy atom. The SMILES string of the molecule is COC(=O)c1nc2c(Cl)nccn2c1CCOc1ccc(C)cc1. The second-order valence-electron chi connectivity index (χ2n) is 5.22. The zero-order chi connectivity index (χ0) is 17.1. The smallest absolute Gasteiger partial charge is 0.358 e. The van der Waals surface area contributed by atoms with Gasteiger partial charge in [-0.15, -0.1) is 0 Å². The van der Waals surface area contributed by atoms with E-state index in [0.717, 1.165) is 5.75 Å². The second-order valence-corrected chi connectivity index (χ2v) is 5.58. The first-order valence-electron chi connectivity index (χ1n) is 7.39. The fraction of sp³-hybridized carbons (Fsp3) is 0.235. The third kappa shape index (κ3) is 3.19. The van der Waals surface area contributed by atoms with Crippen LogP contribution in [0.15, 0.2) is 36.7 Å². The van der Waals surface area contributed by atoms with Gasteiger partial charge in [0.1, 0.15) is 5.75 Å². The average molecular weight is 346 g/mol. The van der Waals surface area contributed by atoms with Gasteiger partial charge in [-0.3, -0.25) is 4.40 Å². The van der Waals surface area contributed by atoms with Crippen LogP contribution in [0.3, 0.4) is 0 Å². The van der Waals surface area contributed by atoms with E-state index in [0.29, 0.717) is 24.4 Å². The average Bonchev–Trinajstić information content (AvgIpc) is 2.96. The molecule has 0 bridgehead atoms. The molecule has 2 heterocycles. The van der Waals surface area contributed by atoms with Crippen molar-refractivity contribution >= 4 is 23.2 Å². The number of imidazole rings is 1. The third-order valence-electron chi connectivity index (χ3n) is 3.61. The number of esters is 1. The zero-order valence-electron chi connectivity index (χ0n) is 13.3. The van der Waals surface area contributed by atoms with Crippen molar-refractivity contribution in [1.82, 2.24) is 14.4 Å². The number of fused-ring (bicyclic) bond motifs is 1. The van der Waals surface area contributed by atoms with E-state index in [1.54, 1.807) is 16.8 Å². The maximum absolute atomic E-state index is 12.0. The number of halogens is 1. The topological polar surface area (TPSA) is 65.7 Å². The first kappa shape index (κ1) is 16.3. The fourth-order valence-corrected chi connectivity index (χ4v) is 2.58. The summed E-state index contributed by atoms with van der Waals surface area (Å²) in [6.45, 7) is 2.41. The Labute approximate surface area is 144 Å². The summed E-state index contributed by atoms with van der Waals surface area (Å²) in [7, 11) is 1.32. The molecule has 124 valence electrons. The van der Waals surface area contributed by atoms with Gasteiger partial charge in [-0.25, -0.2) is 14.8 Å². The summed E-state index contributed by atoms with van der Waals surface area (Å²) >= 11 is 6.06. The van der Waals surface area contributed by atoms with Gasteiger partial charge in [0.2, 0.25) is 0 Å². The van der Waals surface area contributed by atoms with Crippen LogP contribution < -0.4 is 4.74 Å². The second kappa shape index (κ2) is 6.88. The minimum atomic E-state index is -0.514. The number of aromatic nitrogens is 3. The van der Waals surface area contributed by atoms with Gasteiger partial charge in [0, 0.05) is 18.8 Å². The highest BCUT2D eigenvalue weighted by Gasteiger charge is 2.21. The molecule has 0 aliphatic heterocycles. The first-order valence-corrected chi connectivity index (χ1v) is 7.77. The van der Waals surface area contributed by atoms with Crippen LogP contribution in [0.5, 0.6) is 5.75 Å². The highest BCUT2D eigenvalue weighted by molar-refractivity contribution is 6.32. The Balaban J connectivity index is 1.85. The van der Waals surface area contributed by atoms with Crippen LogP contribution in [0.2, 0.25) is 5.15 Å². The highest BCUT2D eigenvalue weighted by atomic mass is 35.5. The predicted molar refractivity (Wildman–Crippen MR) is 89.7 cm³/mol. The number of ether oxygens (including phenoxy) is 2. The molecular weight excluding hydrogens is 330 g/mol. The summed E-state index contributed by atoms with van der Waals surface area (Å²) in [5.41, 5.74) is 2.48. The molecule has 0 radical (unpaired) electrons. The molecule has 0 saturated carbocycles. The molecule has 0 spiro atoms. The van der Waals surface area contributed by atoms with Crippen molar-refractivity contribution in [3.63, 3.8) is 0 Å². The Kier molecular flexibility index (Phi) is 4.66. The number of methoxy groups -OCH3 is 1. The molecular formula is C17H16ClN3O3. The molecule has 3 rings (SSSR count). The van der Waals surface area contributed by atoms with Gasteiger partial charge in [-0.2, -0.15) is 0 Å². The Hall–Kier alpha value is -2.60. The summed E-state index contributed by atoms with van der Waals surface area (Å²) < 4.78 is 12.3. The van der Waals surface area contributed by atoms with Crippen molar-refractivity contribution in [2.24, 2.45) is 0 Å². The van der Waals surface area contributed by atoms with E-state index in [2.05, 4.69) is 9.97 Å². The van der Waals surface area contributed by atoms with E-state index in [1.807, 2.05) is 31.2 Å². The van der Waals surface area contributed by atoms with E-state index in [-0.39, 0.29) is 10.8 Å². The van der Waals surface area contributed by atoms with Gasteiger partial charge in [-0.05, 0) is 19.1 Å². The number of aryl methyl sites for hydroxylation is 1. The van der Waals surface area contributed by atoms with Gasteiger partial charge in [0.15, 0.2) is 16.5 Å². The molecule has 6 nitrogen and oxygen atoms in total. The molecule has 0 fully saturated rings. The standard InChI is InChI=1S/C17H16ClN3O3/c1-11-3-5-12(6-4-11)24-10-7-13-14(17(22)23-2)20-16-15(18)19-8-9-21(13)16/h3-6,8-9H,7,10H2,1-2H3. The lowest BCUT2D eigenvalue weighted by molar-refractivity contribution is 0.0593. The Morgan fingerprint density at radius 3 is 2.75 bits per heavy atom.